The molecule has 0 saturated carbocycles. The predicted octanol–water partition coefficient (Wildman–Crippen LogP) is 6.00. The number of hydrazone groups is 1. The molecule has 4 aromatic rings. The lowest BCUT2D eigenvalue weighted by atomic mass is 10.1. The van der Waals surface area contributed by atoms with E-state index in [9.17, 15) is 0 Å². The Labute approximate surface area is 164 Å². The van der Waals surface area contributed by atoms with Crippen LogP contribution >= 0.6 is 0 Å². The van der Waals surface area contributed by atoms with Gasteiger partial charge in [0.15, 0.2) is 0 Å². The van der Waals surface area contributed by atoms with Crippen LogP contribution in [0.5, 0.6) is 0 Å². The summed E-state index contributed by atoms with van der Waals surface area (Å²) in [7, 11) is 0. The van der Waals surface area contributed by atoms with E-state index in [4.69, 9.17) is 0 Å². The largest absolute Gasteiger partial charge is 0.311 e. The predicted molar refractivity (Wildman–Crippen MR) is 117 cm³/mol. The van der Waals surface area contributed by atoms with Gasteiger partial charge in [-0.3, -0.25) is 5.43 Å². The van der Waals surface area contributed by atoms with E-state index in [0.29, 0.717) is 0 Å². The summed E-state index contributed by atoms with van der Waals surface area (Å²) in [5.41, 5.74) is 7.26. The van der Waals surface area contributed by atoms with Crippen LogP contribution in [-0.2, 0) is 0 Å². The van der Waals surface area contributed by atoms with E-state index in [-0.39, 0.29) is 0 Å². The number of nitrogens with one attached hydrogen (secondary N) is 1. The maximum absolute atomic E-state index is 4.25. The topological polar surface area (TPSA) is 40.5 Å². The number of nitrogens with zero attached hydrogens (tertiary/aromatic N) is 3. The third-order valence-corrected chi connectivity index (χ3v) is 4.24. The molecule has 4 heteroatoms. The number of pyridine rings is 1. The van der Waals surface area contributed by atoms with Crippen LogP contribution in [0, 0.1) is 0 Å². The van der Waals surface area contributed by atoms with Crippen molar-refractivity contribution < 1.29 is 0 Å². The van der Waals surface area contributed by atoms with Gasteiger partial charge >= 0.3 is 0 Å². The third kappa shape index (κ3) is 4.24. The van der Waals surface area contributed by atoms with Crippen molar-refractivity contribution in [3.05, 3.63) is 115 Å². The summed E-state index contributed by atoms with van der Waals surface area (Å²) < 4.78 is 0. The van der Waals surface area contributed by atoms with E-state index < -0.39 is 0 Å². The van der Waals surface area contributed by atoms with Crippen LogP contribution in [0.1, 0.15) is 5.56 Å². The molecule has 0 radical (unpaired) electrons. The zero-order valence-corrected chi connectivity index (χ0v) is 15.3. The van der Waals surface area contributed by atoms with Gasteiger partial charge in [0.05, 0.1) is 6.21 Å². The van der Waals surface area contributed by atoms with Gasteiger partial charge in [-0.1, -0.05) is 54.6 Å². The molecule has 3 aromatic carbocycles. The number of benzene rings is 3. The summed E-state index contributed by atoms with van der Waals surface area (Å²) in [5.74, 6) is 0.717. The Morgan fingerprint density at radius 2 is 1.21 bits per heavy atom. The Morgan fingerprint density at radius 3 is 1.79 bits per heavy atom. The molecule has 0 fully saturated rings. The molecule has 1 heterocycles. The minimum Gasteiger partial charge on any atom is -0.311 e. The molecule has 0 spiro atoms. The second-order valence-corrected chi connectivity index (χ2v) is 6.18. The quantitative estimate of drug-likeness (QED) is 0.337. The molecule has 0 aliphatic rings. The molecule has 0 saturated heterocycles. The van der Waals surface area contributed by atoms with E-state index >= 15 is 0 Å². The smallest absolute Gasteiger partial charge is 0.146 e. The van der Waals surface area contributed by atoms with Crippen molar-refractivity contribution in [2.75, 3.05) is 10.3 Å². The fourth-order valence-electron chi connectivity index (χ4n) is 2.91. The normalized spacial score (nSPS) is 10.7. The van der Waals surface area contributed by atoms with Gasteiger partial charge in [-0.15, -0.1) is 0 Å². The molecule has 4 nitrogen and oxygen atoms in total. The minimum atomic E-state index is 0.717. The molecule has 1 N–H and O–H groups in total. The number of para-hydroxylation sites is 2. The molecule has 0 aliphatic heterocycles. The molecular weight excluding hydrogens is 344 g/mol. The third-order valence-electron chi connectivity index (χ3n) is 4.24. The molecule has 136 valence electrons. The zero-order chi connectivity index (χ0) is 19.0. The molecule has 28 heavy (non-hydrogen) atoms. The van der Waals surface area contributed by atoms with Crippen LogP contribution in [0.2, 0.25) is 0 Å². The van der Waals surface area contributed by atoms with Gasteiger partial charge in [-0.25, -0.2) is 4.98 Å². The summed E-state index contributed by atoms with van der Waals surface area (Å²) in [6.45, 7) is 0. The van der Waals surface area contributed by atoms with Crippen molar-refractivity contribution in [3.63, 3.8) is 0 Å². The van der Waals surface area contributed by atoms with E-state index in [1.54, 1.807) is 12.4 Å². The molecule has 0 amide bonds. The van der Waals surface area contributed by atoms with Crippen LogP contribution in [0.4, 0.5) is 22.9 Å². The van der Waals surface area contributed by atoms with Crippen molar-refractivity contribution in [1.29, 1.82) is 0 Å². The summed E-state index contributed by atoms with van der Waals surface area (Å²) in [6.07, 6.45) is 3.52. The molecular formula is C24H20N4. The molecule has 0 aliphatic carbocycles. The molecule has 1 aromatic heterocycles. The van der Waals surface area contributed by atoms with Gasteiger partial charge in [0.25, 0.3) is 0 Å². The SMILES string of the molecule is C(=N\Nc1ccccn1)/c1ccc(N(c2ccccc2)c2ccccc2)cc1. The molecule has 0 unspecified atom stereocenters. The van der Waals surface area contributed by atoms with E-state index in [1.165, 1.54) is 0 Å². The monoisotopic (exact) mass is 364 g/mol. The zero-order valence-electron chi connectivity index (χ0n) is 15.3. The van der Waals surface area contributed by atoms with Crippen molar-refractivity contribution in [2.24, 2.45) is 5.10 Å². The lowest BCUT2D eigenvalue weighted by Gasteiger charge is -2.25. The molecule has 4 rings (SSSR count). The van der Waals surface area contributed by atoms with Gasteiger partial charge in [0.2, 0.25) is 0 Å². The van der Waals surface area contributed by atoms with Crippen LogP contribution in [0.3, 0.4) is 0 Å². The maximum Gasteiger partial charge on any atom is 0.146 e. The fraction of sp³-hybridized carbons (Fsp3) is 0. The number of hydrogen-bond acceptors (Lipinski definition) is 4. The lowest BCUT2D eigenvalue weighted by Crippen LogP contribution is -2.09. The van der Waals surface area contributed by atoms with Crippen molar-refractivity contribution >= 4 is 29.1 Å². The Bertz CT molecular complexity index is 975. The van der Waals surface area contributed by atoms with Crippen LogP contribution in [0.15, 0.2) is 114 Å². The Hall–Kier alpha value is -3.92. The number of hydrogen-bond donors (Lipinski definition) is 1. The van der Waals surface area contributed by atoms with Crippen molar-refractivity contribution in [1.82, 2.24) is 4.98 Å². The van der Waals surface area contributed by atoms with Gasteiger partial charge in [-0.2, -0.15) is 5.10 Å². The van der Waals surface area contributed by atoms with Gasteiger partial charge in [0, 0.05) is 23.3 Å². The highest BCUT2D eigenvalue weighted by Crippen LogP contribution is 2.33. The van der Waals surface area contributed by atoms with E-state index in [0.717, 1.165) is 28.4 Å². The minimum absolute atomic E-state index is 0.717. The average Bonchev–Trinajstić information content (AvgIpc) is 2.77. The summed E-state index contributed by atoms with van der Waals surface area (Å²) in [4.78, 5) is 6.41. The van der Waals surface area contributed by atoms with Crippen LogP contribution in [0.25, 0.3) is 0 Å². The maximum atomic E-state index is 4.25. The first-order valence-electron chi connectivity index (χ1n) is 9.10. The van der Waals surface area contributed by atoms with Gasteiger partial charge in [0.1, 0.15) is 5.82 Å². The van der Waals surface area contributed by atoms with Crippen LogP contribution < -0.4 is 10.3 Å². The highest BCUT2D eigenvalue weighted by molar-refractivity contribution is 5.83. The Kier molecular flexibility index (Phi) is 5.40. The van der Waals surface area contributed by atoms with Gasteiger partial charge < -0.3 is 4.90 Å². The number of rotatable bonds is 6. The molecule has 0 bridgehead atoms. The highest BCUT2D eigenvalue weighted by Gasteiger charge is 2.11. The first-order valence-corrected chi connectivity index (χ1v) is 9.10. The van der Waals surface area contributed by atoms with E-state index in [2.05, 4.69) is 93.2 Å². The Morgan fingerprint density at radius 1 is 0.643 bits per heavy atom. The van der Waals surface area contributed by atoms with Gasteiger partial charge in [-0.05, 0) is 54.1 Å². The summed E-state index contributed by atoms with van der Waals surface area (Å²) in [6, 6.07) is 34.7. The first kappa shape index (κ1) is 17.5. The van der Waals surface area contributed by atoms with E-state index in [1.807, 2.05) is 30.3 Å². The highest BCUT2D eigenvalue weighted by atomic mass is 15.3. The van der Waals surface area contributed by atoms with Crippen molar-refractivity contribution in [3.8, 4) is 0 Å². The lowest BCUT2D eigenvalue weighted by molar-refractivity contribution is 1.23. The second-order valence-electron chi connectivity index (χ2n) is 6.18. The fourth-order valence-corrected chi connectivity index (χ4v) is 2.91. The average molecular weight is 364 g/mol. The summed E-state index contributed by atoms with van der Waals surface area (Å²) in [5, 5.41) is 4.25. The Balaban J connectivity index is 1.56. The summed E-state index contributed by atoms with van der Waals surface area (Å²) >= 11 is 0. The second kappa shape index (κ2) is 8.64. The standard InChI is InChI=1S/C24H20N4/c1-3-9-21(10-4-1)28(22-11-5-2-6-12-22)23-16-14-20(15-17-23)19-26-27-24-13-7-8-18-25-24/h1-19H,(H,25,27)/b26-19+. The van der Waals surface area contributed by atoms with Crippen LogP contribution in [-0.4, -0.2) is 11.2 Å². The number of anilines is 4. The number of aromatic nitrogens is 1. The first-order chi connectivity index (χ1) is 13.9. The molecule has 0 atom stereocenters. The van der Waals surface area contributed by atoms with Crippen molar-refractivity contribution in [2.45, 2.75) is 0 Å².